The molecule has 0 fully saturated rings. The minimum atomic E-state index is 0.280. The van der Waals surface area contributed by atoms with E-state index < -0.39 is 0 Å². The van der Waals surface area contributed by atoms with Crippen molar-refractivity contribution in [3.63, 3.8) is 0 Å². The van der Waals surface area contributed by atoms with Crippen LogP contribution in [0.5, 0.6) is 0 Å². The monoisotopic (exact) mass is 181 g/mol. The summed E-state index contributed by atoms with van der Waals surface area (Å²) in [4.78, 5) is 14.6. The van der Waals surface area contributed by atoms with Gasteiger partial charge in [-0.05, 0) is 6.42 Å². The summed E-state index contributed by atoms with van der Waals surface area (Å²) >= 11 is 5.34. The van der Waals surface area contributed by atoms with Crippen LogP contribution in [0.2, 0.25) is 0 Å². The molecule has 0 aromatic heterocycles. The molecule has 0 aliphatic rings. The Hall–Kier alpha value is -0.390. The van der Waals surface area contributed by atoms with Crippen LogP contribution in [0, 0.1) is 4.91 Å². The van der Waals surface area contributed by atoms with Gasteiger partial charge >= 0.3 is 0 Å². The van der Waals surface area contributed by atoms with Crippen molar-refractivity contribution in [3.8, 4) is 0 Å². The lowest BCUT2D eigenvalue weighted by molar-refractivity contribution is -0.208. The molecule has 1 N–H and O–H groups in total. The van der Waals surface area contributed by atoms with Gasteiger partial charge in [0.2, 0.25) is 0 Å². The Bertz CT molecular complexity index is 104. The first kappa shape index (κ1) is 10.6. The fraction of sp³-hybridized carbons (Fsp3) is 1.00. The highest BCUT2D eigenvalue weighted by Crippen LogP contribution is 1.89. The van der Waals surface area contributed by atoms with E-state index in [1.807, 2.05) is 6.92 Å². The third-order valence-corrected chi connectivity index (χ3v) is 1.06. The molecule has 0 heterocycles. The van der Waals surface area contributed by atoms with Crippen molar-refractivity contribution in [3.05, 3.63) is 4.91 Å². The second kappa shape index (κ2) is 7.71. The standard InChI is InChI=1S/C5H12ClN3O2/c1-2-4-7-11-9(8-10)5-3-6/h7H,2-5H2,1H3. The number of halogens is 1. The molecule has 0 radical (unpaired) electrons. The number of nitrogens with one attached hydrogen (secondary N) is 1. The number of hydroxylamine groups is 2. The molecule has 0 aromatic rings. The number of alkyl halides is 1. The highest BCUT2D eigenvalue weighted by atomic mass is 35.5. The van der Waals surface area contributed by atoms with Gasteiger partial charge in [0.25, 0.3) is 0 Å². The maximum atomic E-state index is 9.94. The number of rotatable bonds is 7. The van der Waals surface area contributed by atoms with Crippen molar-refractivity contribution in [1.29, 1.82) is 0 Å². The summed E-state index contributed by atoms with van der Waals surface area (Å²) in [7, 11) is 0. The van der Waals surface area contributed by atoms with E-state index in [1.54, 1.807) is 0 Å². The molecular weight excluding hydrogens is 170 g/mol. The second-order valence-corrected chi connectivity index (χ2v) is 2.21. The van der Waals surface area contributed by atoms with Crippen molar-refractivity contribution in [2.45, 2.75) is 13.3 Å². The summed E-state index contributed by atoms with van der Waals surface area (Å²) < 4.78 is 0. The Kier molecular flexibility index (Phi) is 7.44. The Balaban J connectivity index is 3.28. The lowest BCUT2D eigenvalue weighted by atomic mass is 10.5. The Morgan fingerprint density at radius 3 is 2.91 bits per heavy atom. The summed E-state index contributed by atoms with van der Waals surface area (Å²) in [6, 6.07) is 0. The molecule has 11 heavy (non-hydrogen) atoms. The van der Waals surface area contributed by atoms with Crippen molar-refractivity contribution in [1.82, 2.24) is 10.7 Å². The molecule has 5 nitrogen and oxygen atoms in total. The normalized spacial score (nSPS) is 9.64. The first-order valence-electron chi connectivity index (χ1n) is 3.41. The van der Waals surface area contributed by atoms with Crippen LogP contribution >= 0.6 is 11.6 Å². The topological polar surface area (TPSA) is 53.9 Å². The van der Waals surface area contributed by atoms with E-state index in [4.69, 9.17) is 16.5 Å². The maximum absolute atomic E-state index is 9.94. The number of nitrogens with zero attached hydrogens (tertiary/aromatic N) is 2. The van der Waals surface area contributed by atoms with Crippen molar-refractivity contribution < 1.29 is 4.94 Å². The fourth-order valence-electron chi connectivity index (χ4n) is 0.398. The van der Waals surface area contributed by atoms with Crippen LogP contribution in [0.25, 0.3) is 0 Å². The van der Waals surface area contributed by atoms with E-state index in [2.05, 4.69) is 10.8 Å². The van der Waals surface area contributed by atoms with Crippen LogP contribution in [0.3, 0.4) is 0 Å². The molecule has 0 aliphatic heterocycles. The van der Waals surface area contributed by atoms with Gasteiger partial charge in [-0.3, -0.25) is 0 Å². The molecule has 0 spiro atoms. The molecule has 0 saturated carbocycles. The Morgan fingerprint density at radius 2 is 2.45 bits per heavy atom. The van der Waals surface area contributed by atoms with Gasteiger partial charge in [0, 0.05) is 12.4 Å². The van der Waals surface area contributed by atoms with Crippen LogP contribution in [-0.2, 0) is 4.94 Å². The average molecular weight is 182 g/mol. The van der Waals surface area contributed by atoms with Crippen molar-refractivity contribution in [2.75, 3.05) is 19.0 Å². The minimum absolute atomic E-state index is 0.280. The zero-order chi connectivity index (χ0) is 8.53. The summed E-state index contributed by atoms with van der Waals surface area (Å²) in [5.74, 6) is 0.305. The van der Waals surface area contributed by atoms with Crippen LogP contribution in [0.4, 0.5) is 0 Å². The smallest absolute Gasteiger partial charge is 0.0836 e. The molecule has 0 aromatic carbocycles. The van der Waals surface area contributed by atoms with Crippen LogP contribution in [0.15, 0.2) is 5.29 Å². The summed E-state index contributed by atoms with van der Waals surface area (Å²) in [6.45, 7) is 2.94. The van der Waals surface area contributed by atoms with Gasteiger partial charge in [0.15, 0.2) is 0 Å². The van der Waals surface area contributed by atoms with E-state index in [0.29, 0.717) is 12.4 Å². The van der Waals surface area contributed by atoms with Crippen LogP contribution in [-0.4, -0.2) is 24.1 Å². The molecule has 0 bridgehead atoms. The molecule has 0 saturated heterocycles. The highest BCUT2D eigenvalue weighted by molar-refractivity contribution is 6.18. The third kappa shape index (κ3) is 6.03. The molecule has 0 rings (SSSR count). The molecule has 0 unspecified atom stereocenters. The molecule has 0 amide bonds. The fourth-order valence-corrected chi connectivity index (χ4v) is 0.542. The second-order valence-electron chi connectivity index (χ2n) is 1.83. The summed E-state index contributed by atoms with van der Waals surface area (Å²) in [6.07, 6.45) is 0.924. The van der Waals surface area contributed by atoms with E-state index >= 15 is 0 Å². The van der Waals surface area contributed by atoms with Gasteiger partial charge in [0.05, 0.1) is 11.8 Å². The largest absolute Gasteiger partial charge is 0.175 e. The lowest BCUT2D eigenvalue weighted by Gasteiger charge is -2.11. The lowest BCUT2D eigenvalue weighted by Crippen LogP contribution is -2.29. The summed E-state index contributed by atoms with van der Waals surface area (Å²) in [5.41, 5.74) is 2.54. The van der Waals surface area contributed by atoms with Crippen molar-refractivity contribution in [2.24, 2.45) is 5.29 Å². The molecule has 6 heteroatoms. The number of hydrogen-bond donors (Lipinski definition) is 1. The Labute approximate surface area is 70.5 Å². The van der Waals surface area contributed by atoms with Gasteiger partial charge in [-0.2, -0.15) is 10.4 Å². The molecular formula is C5H12ClN3O2. The first-order valence-corrected chi connectivity index (χ1v) is 3.95. The minimum Gasteiger partial charge on any atom is -0.175 e. The number of hydrogen-bond acceptors (Lipinski definition) is 4. The first-order chi connectivity index (χ1) is 5.35. The number of nitroso groups, excluding NO2 is 1. The van der Waals surface area contributed by atoms with Gasteiger partial charge in [-0.25, -0.2) is 0 Å². The van der Waals surface area contributed by atoms with Crippen molar-refractivity contribution >= 4 is 11.6 Å². The molecule has 66 valence electrons. The maximum Gasteiger partial charge on any atom is 0.0836 e. The highest BCUT2D eigenvalue weighted by Gasteiger charge is 2.00. The van der Waals surface area contributed by atoms with Gasteiger partial charge in [0.1, 0.15) is 0 Å². The molecule has 0 aliphatic carbocycles. The zero-order valence-corrected chi connectivity index (χ0v) is 7.17. The predicted molar refractivity (Wildman–Crippen MR) is 42.6 cm³/mol. The third-order valence-electron chi connectivity index (χ3n) is 0.889. The Morgan fingerprint density at radius 1 is 1.73 bits per heavy atom. The van der Waals surface area contributed by atoms with Gasteiger partial charge in [-0.15, -0.1) is 21.7 Å². The van der Waals surface area contributed by atoms with Gasteiger partial charge in [-0.1, -0.05) is 6.92 Å². The zero-order valence-electron chi connectivity index (χ0n) is 6.42. The molecule has 0 atom stereocenters. The van der Waals surface area contributed by atoms with E-state index in [-0.39, 0.29) is 6.54 Å². The van der Waals surface area contributed by atoms with E-state index in [9.17, 15) is 4.91 Å². The summed E-state index contributed by atoms with van der Waals surface area (Å²) in [5, 5.41) is 3.43. The SMILES string of the molecule is CCCNON(CCCl)N=O. The van der Waals surface area contributed by atoms with E-state index in [0.717, 1.165) is 11.6 Å². The quantitative estimate of drug-likeness (QED) is 0.276. The van der Waals surface area contributed by atoms with Gasteiger partial charge < -0.3 is 0 Å². The van der Waals surface area contributed by atoms with E-state index in [1.165, 1.54) is 0 Å². The van der Waals surface area contributed by atoms with Crippen LogP contribution in [0.1, 0.15) is 13.3 Å². The predicted octanol–water partition coefficient (Wildman–Crippen LogP) is 1.05. The average Bonchev–Trinajstić information content (AvgIpc) is 2.03. The van der Waals surface area contributed by atoms with Crippen LogP contribution < -0.4 is 5.48 Å².